The molecule has 0 saturated carbocycles. The summed E-state index contributed by atoms with van der Waals surface area (Å²) in [5.41, 5.74) is 1.60. The van der Waals surface area contributed by atoms with Gasteiger partial charge in [0.25, 0.3) is 0 Å². The third-order valence-corrected chi connectivity index (χ3v) is 5.01. The number of halogens is 1. The van der Waals surface area contributed by atoms with Crippen LogP contribution in [-0.2, 0) is 21.4 Å². The van der Waals surface area contributed by atoms with E-state index in [1.165, 1.54) is 4.31 Å². The maximum Gasteiger partial charge on any atom is 0.301 e. The minimum atomic E-state index is -3.49. The van der Waals surface area contributed by atoms with Crippen LogP contribution < -0.4 is 4.72 Å². The van der Waals surface area contributed by atoms with Crippen LogP contribution in [0.5, 0.6) is 0 Å². The third-order valence-electron chi connectivity index (χ3n) is 3.00. The van der Waals surface area contributed by atoms with Crippen LogP contribution in [0.25, 0.3) is 0 Å². The van der Waals surface area contributed by atoms with Crippen LogP contribution in [0.3, 0.4) is 0 Å². The van der Waals surface area contributed by atoms with E-state index in [-0.39, 0.29) is 0 Å². The molecule has 1 aliphatic heterocycles. The number of anilines is 1. The molecule has 1 N–H and O–H groups in total. The van der Waals surface area contributed by atoms with Crippen molar-refractivity contribution in [2.75, 3.05) is 31.0 Å². The van der Waals surface area contributed by atoms with Crippen LogP contribution in [0.15, 0.2) is 22.7 Å². The van der Waals surface area contributed by atoms with Crippen molar-refractivity contribution in [1.29, 1.82) is 0 Å². The second-order valence-corrected chi connectivity index (χ2v) is 6.86. The Hall–Kier alpha value is -0.630. The molecular weight excluding hydrogens is 332 g/mol. The number of benzene rings is 1. The Morgan fingerprint density at radius 3 is 2.68 bits per heavy atom. The molecule has 0 unspecified atom stereocenters. The summed E-state index contributed by atoms with van der Waals surface area (Å²) in [6.45, 7) is 3.68. The summed E-state index contributed by atoms with van der Waals surface area (Å²) in [7, 11) is -3.49. The third kappa shape index (κ3) is 3.68. The average Bonchev–Trinajstić information content (AvgIpc) is 2.41. The molecule has 0 aliphatic carbocycles. The predicted molar refractivity (Wildman–Crippen MR) is 78.5 cm³/mol. The number of hydrogen-bond acceptors (Lipinski definition) is 3. The number of ether oxygens (including phenoxy) is 1. The van der Waals surface area contributed by atoms with Crippen LogP contribution in [-0.4, -0.2) is 39.0 Å². The van der Waals surface area contributed by atoms with E-state index in [1.807, 2.05) is 19.1 Å². The van der Waals surface area contributed by atoms with Gasteiger partial charge in [0.2, 0.25) is 0 Å². The van der Waals surface area contributed by atoms with Crippen molar-refractivity contribution in [3.8, 4) is 0 Å². The van der Waals surface area contributed by atoms with Gasteiger partial charge in [0.15, 0.2) is 0 Å². The largest absolute Gasteiger partial charge is 0.379 e. The monoisotopic (exact) mass is 348 g/mol. The minimum Gasteiger partial charge on any atom is -0.379 e. The normalized spacial score (nSPS) is 17.4. The van der Waals surface area contributed by atoms with Crippen molar-refractivity contribution in [1.82, 2.24) is 4.31 Å². The SMILES string of the molecule is CCc1cc(Br)ccc1NS(=O)(=O)N1CCOCC1. The van der Waals surface area contributed by atoms with E-state index in [2.05, 4.69) is 20.7 Å². The van der Waals surface area contributed by atoms with E-state index in [0.29, 0.717) is 32.0 Å². The molecule has 2 rings (SSSR count). The molecule has 19 heavy (non-hydrogen) atoms. The van der Waals surface area contributed by atoms with E-state index in [9.17, 15) is 8.42 Å². The molecule has 0 aromatic heterocycles. The van der Waals surface area contributed by atoms with E-state index in [0.717, 1.165) is 16.5 Å². The van der Waals surface area contributed by atoms with Crippen LogP contribution in [0, 0.1) is 0 Å². The van der Waals surface area contributed by atoms with Gasteiger partial charge in [-0.25, -0.2) is 0 Å². The number of hydrogen-bond donors (Lipinski definition) is 1. The molecule has 1 aromatic carbocycles. The molecule has 1 heterocycles. The topological polar surface area (TPSA) is 58.6 Å². The van der Waals surface area contributed by atoms with Crippen molar-refractivity contribution in [2.45, 2.75) is 13.3 Å². The highest BCUT2D eigenvalue weighted by Crippen LogP contribution is 2.23. The van der Waals surface area contributed by atoms with Gasteiger partial charge in [-0.2, -0.15) is 12.7 Å². The maximum absolute atomic E-state index is 12.3. The summed E-state index contributed by atoms with van der Waals surface area (Å²) in [5.74, 6) is 0. The Labute approximate surface area is 122 Å². The van der Waals surface area contributed by atoms with E-state index in [1.54, 1.807) is 6.07 Å². The molecule has 0 atom stereocenters. The standard InChI is InChI=1S/C12H17BrN2O3S/c1-2-10-9-11(13)3-4-12(10)14-19(16,17)15-5-7-18-8-6-15/h3-4,9,14H,2,5-8H2,1H3. The Morgan fingerprint density at radius 1 is 1.37 bits per heavy atom. The van der Waals surface area contributed by atoms with Crippen molar-refractivity contribution < 1.29 is 13.2 Å². The Bertz CT molecular complexity index is 542. The highest BCUT2D eigenvalue weighted by atomic mass is 79.9. The smallest absolute Gasteiger partial charge is 0.301 e. The molecule has 7 heteroatoms. The fraction of sp³-hybridized carbons (Fsp3) is 0.500. The second-order valence-electron chi connectivity index (χ2n) is 4.27. The van der Waals surface area contributed by atoms with E-state index >= 15 is 0 Å². The summed E-state index contributed by atoms with van der Waals surface area (Å²) in [5, 5.41) is 0. The highest BCUT2D eigenvalue weighted by Gasteiger charge is 2.24. The first kappa shape index (κ1) is 14.8. The lowest BCUT2D eigenvalue weighted by Crippen LogP contribution is -2.43. The molecule has 1 aromatic rings. The fourth-order valence-electron chi connectivity index (χ4n) is 1.94. The molecule has 0 radical (unpaired) electrons. The lowest BCUT2D eigenvalue weighted by Gasteiger charge is -2.26. The average molecular weight is 349 g/mol. The van der Waals surface area contributed by atoms with Gasteiger partial charge in [0.05, 0.1) is 18.9 Å². The number of aryl methyl sites for hydroxylation is 1. The maximum atomic E-state index is 12.3. The zero-order valence-electron chi connectivity index (χ0n) is 10.7. The first-order valence-electron chi connectivity index (χ1n) is 6.17. The van der Waals surface area contributed by atoms with E-state index in [4.69, 9.17) is 4.74 Å². The number of morpholine rings is 1. The van der Waals surface area contributed by atoms with Gasteiger partial charge in [-0.05, 0) is 30.2 Å². The highest BCUT2D eigenvalue weighted by molar-refractivity contribution is 9.10. The lowest BCUT2D eigenvalue weighted by molar-refractivity contribution is 0.0733. The molecule has 106 valence electrons. The summed E-state index contributed by atoms with van der Waals surface area (Å²) < 4.78 is 34.7. The van der Waals surface area contributed by atoms with Crippen molar-refractivity contribution in [2.24, 2.45) is 0 Å². The summed E-state index contributed by atoms with van der Waals surface area (Å²) in [4.78, 5) is 0. The zero-order valence-corrected chi connectivity index (χ0v) is 13.1. The molecule has 5 nitrogen and oxygen atoms in total. The molecule has 1 fully saturated rings. The van der Waals surface area contributed by atoms with Crippen LogP contribution >= 0.6 is 15.9 Å². The van der Waals surface area contributed by atoms with Crippen molar-refractivity contribution >= 4 is 31.8 Å². The Morgan fingerprint density at radius 2 is 2.05 bits per heavy atom. The van der Waals surface area contributed by atoms with Crippen LogP contribution in [0.4, 0.5) is 5.69 Å². The van der Waals surface area contributed by atoms with Crippen molar-refractivity contribution in [3.05, 3.63) is 28.2 Å². The van der Waals surface area contributed by atoms with Gasteiger partial charge in [-0.1, -0.05) is 22.9 Å². The summed E-state index contributed by atoms with van der Waals surface area (Å²) in [6.07, 6.45) is 0.764. The quantitative estimate of drug-likeness (QED) is 0.905. The van der Waals surface area contributed by atoms with Gasteiger partial charge in [-0.3, -0.25) is 4.72 Å². The first-order chi connectivity index (χ1) is 9.03. The zero-order chi connectivity index (χ0) is 13.9. The predicted octanol–water partition coefficient (Wildman–Crippen LogP) is 2.00. The molecule has 1 aliphatic rings. The van der Waals surface area contributed by atoms with Gasteiger partial charge < -0.3 is 4.74 Å². The van der Waals surface area contributed by atoms with E-state index < -0.39 is 10.2 Å². The van der Waals surface area contributed by atoms with Crippen molar-refractivity contribution in [3.63, 3.8) is 0 Å². The summed E-state index contributed by atoms with van der Waals surface area (Å²) >= 11 is 3.39. The molecule has 0 spiro atoms. The second kappa shape index (κ2) is 6.21. The fourth-order valence-corrected chi connectivity index (χ4v) is 3.59. The lowest BCUT2D eigenvalue weighted by atomic mass is 10.1. The number of nitrogens with zero attached hydrogens (tertiary/aromatic N) is 1. The van der Waals surface area contributed by atoms with Gasteiger partial charge in [0, 0.05) is 17.6 Å². The molecule has 1 saturated heterocycles. The molecule has 0 amide bonds. The summed E-state index contributed by atoms with van der Waals surface area (Å²) in [6, 6.07) is 5.54. The first-order valence-corrected chi connectivity index (χ1v) is 8.40. The van der Waals surface area contributed by atoms with Crippen LogP contribution in [0.2, 0.25) is 0 Å². The number of rotatable bonds is 4. The van der Waals surface area contributed by atoms with Gasteiger partial charge >= 0.3 is 10.2 Å². The van der Waals surface area contributed by atoms with Gasteiger partial charge in [-0.15, -0.1) is 0 Å². The Balaban J connectivity index is 2.19. The Kier molecular flexibility index (Phi) is 4.83. The minimum absolute atomic E-state index is 0.396. The molecule has 0 bridgehead atoms. The van der Waals surface area contributed by atoms with Crippen LogP contribution in [0.1, 0.15) is 12.5 Å². The van der Waals surface area contributed by atoms with Gasteiger partial charge in [0.1, 0.15) is 0 Å². The number of nitrogens with one attached hydrogen (secondary N) is 1. The molecular formula is C12H17BrN2O3S.